The van der Waals surface area contributed by atoms with E-state index in [2.05, 4.69) is 12.7 Å². The van der Waals surface area contributed by atoms with E-state index < -0.39 is 0 Å². The molecule has 0 amide bonds. The highest BCUT2D eigenvalue weighted by atomic mass is 16.3. The normalized spacial score (nSPS) is 31.4. The van der Waals surface area contributed by atoms with Gasteiger partial charge in [-0.2, -0.15) is 0 Å². The second-order valence-corrected chi connectivity index (χ2v) is 3.46. The van der Waals surface area contributed by atoms with Gasteiger partial charge in [-0.3, -0.25) is 0 Å². The highest BCUT2D eigenvalue weighted by Gasteiger charge is 2.17. The van der Waals surface area contributed by atoms with Crippen LogP contribution in [0.2, 0.25) is 0 Å². The molecule has 0 aromatic rings. The zero-order valence-corrected chi connectivity index (χ0v) is 7.30. The first-order chi connectivity index (χ1) is 5.11. The largest absolute Gasteiger partial charge is 0.389 e. The van der Waals surface area contributed by atoms with E-state index in [1.165, 1.54) is 5.57 Å². The van der Waals surface area contributed by atoms with Gasteiger partial charge in [-0.15, -0.1) is 0 Å². The molecule has 1 aliphatic carbocycles. The summed E-state index contributed by atoms with van der Waals surface area (Å²) in [6.07, 6.45) is 3.87. The van der Waals surface area contributed by atoms with Crippen molar-refractivity contribution in [2.24, 2.45) is 5.92 Å². The Morgan fingerprint density at radius 3 is 2.73 bits per heavy atom. The van der Waals surface area contributed by atoms with Crippen LogP contribution in [0.25, 0.3) is 0 Å². The average Bonchev–Trinajstić information content (AvgIpc) is 1.94. The van der Waals surface area contributed by atoms with Crippen LogP contribution >= 0.6 is 0 Å². The van der Waals surface area contributed by atoms with E-state index in [-0.39, 0.29) is 6.10 Å². The molecule has 0 radical (unpaired) electrons. The van der Waals surface area contributed by atoms with Crippen molar-refractivity contribution in [3.8, 4) is 0 Å². The summed E-state index contributed by atoms with van der Waals surface area (Å²) in [6.45, 7) is 7.95. The van der Waals surface area contributed by atoms with Gasteiger partial charge in [0.1, 0.15) is 0 Å². The molecule has 1 N–H and O–H groups in total. The van der Waals surface area contributed by atoms with Crippen LogP contribution in [0.15, 0.2) is 23.8 Å². The first-order valence-corrected chi connectivity index (χ1v) is 4.13. The molecule has 0 bridgehead atoms. The molecule has 62 valence electrons. The lowest BCUT2D eigenvalue weighted by molar-refractivity contribution is 0.185. The van der Waals surface area contributed by atoms with Gasteiger partial charge in [0.15, 0.2) is 0 Å². The highest BCUT2D eigenvalue weighted by molar-refractivity contribution is 5.17. The third-order valence-electron chi connectivity index (χ3n) is 2.37. The molecular formula is C10H16O. The van der Waals surface area contributed by atoms with Crippen LogP contribution in [0.3, 0.4) is 0 Å². The quantitative estimate of drug-likeness (QED) is 0.571. The second kappa shape index (κ2) is 3.22. The van der Waals surface area contributed by atoms with Gasteiger partial charge in [0.2, 0.25) is 0 Å². The maximum atomic E-state index is 9.38. The van der Waals surface area contributed by atoms with E-state index in [1.54, 1.807) is 0 Å². The summed E-state index contributed by atoms with van der Waals surface area (Å²) in [4.78, 5) is 0. The zero-order valence-electron chi connectivity index (χ0n) is 7.30. The van der Waals surface area contributed by atoms with Gasteiger partial charge in [-0.25, -0.2) is 0 Å². The van der Waals surface area contributed by atoms with Gasteiger partial charge in [-0.05, 0) is 38.2 Å². The molecule has 0 heterocycles. The summed E-state index contributed by atoms with van der Waals surface area (Å²) < 4.78 is 0. The minimum absolute atomic E-state index is 0.203. The molecule has 0 saturated carbocycles. The van der Waals surface area contributed by atoms with Gasteiger partial charge in [0, 0.05) is 0 Å². The molecule has 0 fully saturated rings. The maximum absolute atomic E-state index is 9.38. The van der Waals surface area contributed by atoms with Crippen LogP contribution in [0.1, 0.15) is 26.7 Å². The van der Waals surface area contributed by atoms with E-state index in [0.29, 0.717) is 5.92 Å². The molecule has 1 aliphatic rings. The summed E-state index contributed by atoms with van der Waals surface area (Å²) in [6, 6.07) is 0. The van der Waals surface area contributed by atoms with Gasteiger partial charge >= 0.3 is 0 Å². The smallest absolute Gasteiger partial charge is 0.0748 e. The Labute approximate surface area is 68.4 Å². The third kappa shape index (κ3) is 1.93. The molecule has 1 nitrogen and oxygen atoms in total. The lowest BCUT2D eigenvalue weighted by Gasteiger charge is -2.23. The van der Waals surface area contributed by atoms with Crippen LogP contribution in [-0.4, -0.2) is 11.2 Å². The Balaban J connectivity index is 2.69. The minimum atomic E-state index is -0.203. The number of rotatable bonds is 1. The molecule has 1 rings (SSSR count). The molecule has 0 unspecified atom stereocenters. The number of aliphatic hydroxyl groups excluding tert-OH is 1. The van der Waals surface area contributed by atoms with E-state index >= 15 is 0 Å². The van der Waals surface area contributed by atoms with Crippen molar-refractivity contribution >= 4 is 0 Å². The van der Waals surface area contributed by atoms with Crippen LogP contribution < -0.4 is 0 Å². The Morgan fingerprint density at radius 1 is 1.64 bits per heavy atom. The van der Waals surface area contributed by atoms with Crippen molar-refractivity contribution in [2.75, 3.05) is 0 Å². The maximum Gasteiger partial charge on any atom is 0.0748 e. The van der Waals surface area contributed by atoms with Crippen molar-refractivity contribution in [3.63, 3.8) is 0 Å². The fourth-order valence-electron chi connectivity index (χ4n) is 1.47. The van der Waals surface area contributed by atoms with Gasteiger partial charge < -0.3 is 5.11 Å². The topological polar surface area (TPSA) is 20.2 Å². The lowest BCUT2D eigenvalue weighted by atomic mass is 9.86. The van der Waals surface area contributed by atoms with E-state index in [0.717, 1.165) is 18.4 Å². The second-order valence-electron chi connectivity index (χ2n) is 3.46. The average molecular weight is 152 g/mol. The van der Waals surface area contributed by atoms with Crippen LogP contribution in [0, 0.1) is 5.92 Å². The van der Waals surface area contributed by atoms with Crippen molar-refractivity contribution in [3.05, 3.63) is 23.8 Å². The number of hydrogen-bond donors (Lipinski definition) is 1. The molecule has 0 aliphatic heterocycles. The predicted octanol–water partition coefficient (Wildman–Crippen LogP) is 2.28. The van der Waals surface area contributed by atoms with Crippen molar-refractivity contribution < 1.29 is 5.11 Å². The molecule has 1 heteroatoms. The Bertz CT molecular complexity index is 191. The molecule has 11 heavy (non-hydrogen) atoms. The fourth-order valence-corrected chi connectivity index (χ4v) is 1.47. The third-order valence-corrected chi connectivity index (χ3v) is 2.37. The summed E-state index contributed by atoms with van der Waals surface area (Å²) >= 11 is 0. The molecule has 2 atom stereocenters. The number of hydrogen-bond acceptors (Lipinski definition) is 1. The fraction of sp³-hybridized carbons (Fsp3) is 0.600. The van der Waals surface area contributed by atoms with Gasteiger partial charge in [0.05, 0.1) is 6.10 Å². The van der Waals surface area contributed by atoms with Gasteiger partial charge in [0.25, 0.3) is 0 Å². The van der Waals surface area contributed by atoms with E-state index in [1.807, 2.05) is 13.8 Å². The van der Waals surface area contributed by atoms with E-state index in [9.17, 15) is 5.11 Å². The Kier molecular flexibility index (Phi) is 2.50. The Hall–Kier alpha value is -0.560. The predicted molar refractivity (Wildman–Crippen MR) is 47.3 cm³/mol. The zero-order chi connectivity index (χ0) is 8.43. The summed E-state index contributed by atoms with van der Waals surface area (Å²) in [5.41, 5.74) is 2.31. The minimum Gasteiger partial charge on any atom is -0.389 e. The summed E-state index contributed by atoms with van der Waals surface area (Å²) in [5, 5.41) is 9.38. The molecule has 0 saturated heterocycles. The molecular weight excluding hydrogens is 136 g/mol. The molecule has 0 aromatic carbocycles. The van der Waals surface area contributed by atoms with Crippen LogP contribution in [0.4, 0.5) is 0 Å². The lowest BCUT2D eigenvalue weighted by Crippen LogP contribution is -2.17. The standard InChI is InChI=1S/C10H16O/c1-7(2)9-4-5-10(11)8(3)6-9/h6,9-11H,1,4-5H2,2-3H3/t9-,10-/m1/s1. The van der Waals surface area contributed by atoms with Crippen LogP contribution in [-0.2, 0) is 0 Å². The highest BCUT2D eigenvalue weighted by Crippen LogP contribution is 2.27. The van der Waals surface area contributed by atoms with E-state index in [4.69, 9.17) is 0 Å². The van der Waals surface area contributed by atoms with Crippen molar-refractivity contribution in [2.45, 2.75) is 32.8 Å². The number of allylic oxidation sites excluding steroid dienone is 2. The first kappa shape index (κ1) is 8.54. The Morgan fingerprint density at radius 2 is 2.27 bits per heavy atom. The van der Waals surface area contributed by atoms with Crippen LogP contribution in [0.5, 0.6) is 0 Å². The van der Waals surface area contributed by atoms with Crippen molar-refractivity contribution in [1.82, 2.24) is 0 Å². The molecule has 0 spiro atoms. The SMILES string of the molecule is C=C(C)[C@H]1C=C(C)[C@H](O)CC1. The summed E-state index contributed by atoms with van der Waals surface area (Å²) in [7, 11) is 0. The van der Waals surface area contributed by atoms with Gasteiger partial charge in [-0.1, -0.05) is 18.2 Å². The van der Waals surface area contributed by atoms with Crippen molar-refractivity contribution in [1.29, 1.82) is 0 Å². The monoisotopic (exact) mass is 152 g/mol. The summed E-state index contributed by atoms with van der Waals surface area (Å²) in [5.74, 6) is 0.499. The number of aliphatic hydroxyl groups is 1. The first-order valence-electron chi connectivity index (χ1n) is 4.13. The molecule has 0 aromatic heterocycles.